The minimum absolute atomic E-state index is 0.656. The molecule has 0 unspecified atom stereocenters. The van der Waals surface area contributed by atoms with Crippen molar-refractivity contribution in [1.29, 1.82) is 0 Å². The summed E-state index contributed by atoms with van der Waals surface area (Å²) in [6.45, 7) is 0. The number of nitrogens with zero attached hydrogens (tertiary/aromatic N) is 4. The van der Waals surface area contributed by atoms with E-state index < -0.39 is 0 Å². The molecule has 55 heavy (non-hydrogen) atoms. The van der Waals surface area contributed by atoms with E-state index in [2.05, 4.69) is 191 Å². The number of benzene rings is 8. The zero-order valence-electron chi connectivity index (χ0n) is 29.5. The van der Waals surface area contributed by atoms with Gasteiger partial charge < -0.3 is 4.57 Å². The molecule has 0 atom stereocenters. The van der Waals surface area contributed by atoms with Crippen molar-refractivity contribution in [1.82, 2.24) is 19.1 Å². The number of thiophene rings is 1. The van der Waals surface area contributed by atoms with Crippen molar-refractivity contribution in [2.24, 2.45) is 0 Å². The Balaban J connectivity index is 1.30. The molecule has 12 rings (SSSR count). The van der Waals surface area contributed by atoms with E-state index in [0.717, 1.165) is 55.5 Å². The summed E-state index contributed by atoms with van der Waals surface area (Å²) in [6.07, 6.45) is 0. The zero-order chi connectivity index (χ0) is 36.0. The molecule has 12 aromatic rings. The molecule has 0 bridgehead atoms. The Kier molecular flexibility index (Phi) is 6.47. The topological polar surface area (TPSA) is 35.6 Å². The maximum absolute atomic E-state index is 5.69. The molecule has 4 nitrogen and oxygen atoms in total. The van der Waals surface area contributed by atoms with Gasteiger partial charge in [0.15, 0.2) is 0 Å². The molecule has 0 aliphatic carbocycles. The first-order valence-corrected chi connectivity index (χ1v) is 19.4. The van der Waals surface area contributed by atoms with Gasteiger partial charge in [-0.3, -0.25) is 4.57 Å². The molecule has 0 aliphatic heterocycles. The van der Waals surface area contributed by atoms with Gasteiger partial charge in [-0.05, 0) is 58.3 Å². The summed E-state index contributed by atoms with van der Waals surface area (Å²) in [6, 6.07) is 65.0. The summed E-state index contributed by atoms with van der Waals surface area (Å²) in [7, 11) is 0. The normalized spacial score (nSPS) is 12.0. The van der Waals surface area contributed by atoms with Crippen LogP contribution in [0.5, 0.6) is 0 Å². The number of hydrogen-bond donors (Lipinski definition) is 0. The van der Waals surface area contributed by atoms with Crippen molar-refractivity contribution in [3.63, 3.8) is 0 Å². The highest BCUT2D eigenvalue weighted by molar-refractivity contribution is 7.27. The Morgan fingerprint density at radius 2 is 1.00 bits per heavy atom. The van der Waals surface area contributed by atoms with Crippen LogP contribution in [-0.2, 0) is 0 Å². The minimum Gasteiger partial charge on any atom is -0.306 e. The van der Waals surface area contributed by atoms with E-state index in [1.807, 2.05) is 11.3 Å². The first-order valence-electron chi connectivity index (χ1n) is 18.6. The van der Waals surface area contributed by atoms with E-state index in [0.29, 0.717) is 5.95 Å². The highest BCUT2D eigenvalue weighted by Gasteiger charge is 2.26. The van der Waals surface area contributed by atoms with Crippen LogP contribution in [0.4, 0.5) is 0 Å². The lowest BCUT2D eigenvalue weighted by molar-refractivity contribution is 1.01. The molecule has 0 aliphatic rings. The van der Waals surface area contributed by atoms with Gasteiger partial charge in [0.25, 0.3) is 0 Å². The van der Waals surface area contributed by atoms with Crippen molar-refractivity contribution in [3.8, 4) is 34.0 Å². The van der Waals surface area contributed by atoms with Gasteiger partial charge in [0.1, 0.15) is 11.2 Å². The minimum atomic E-state index is 0.656. The summed E-state index contributed by atoms with van der Waals surface area (Å²) < 4.78 is 7.20. The van der Waals surface area contributed by atoms with Gasteiger partial charge in [-0.15, -0.1) is 11.3 Å². The van der Waals surface area contributed by atoms with Crippen LogP contribution < -0.4 is 0 Å². The van der Waals surface area contributed by atoms with Crippen LogP contribution in [0, 0.1) is 0 Å². The number of rotatable bonds is 4. The molecule has 0 radical (unpaired) electrons. The third-order valence-corrected chi connectivity index (χ3v) is 12.3. The monoisotopic (exact) mass is 718 g/mol. The van der Waals surface area contributed by atoms with E-state index in [4.69, 9.17) is 9.97 Å². The van der Waals surface area contributed by atoms with Crippen LogP contribution in [-0.4, -0.2) is 19.1 Å². The predicted octanol–water partition coefficient (Wildman–Crippen LogP) is 13.5. The molecule has 0 amide bonds. The van der Waals surface area contributed by atoms with E-state index in [-0.39, 0.29) is 0 Å². The van der Waals surface area contributed by atoms with E-state index in [1.165, 1.54) is 47.3 Å². The molecule has 0 saturated carbocycles. The maximum Gasteiger partial charge on any atom is 0.235 e. The quantitative estimate of drug-likeness (QED) is 0.182. The van der Waals surface area contributed by atoms with Gasteiger partial charge in [0.2, 0.25) is 5.95 Å². The fourth-order valence-corrected chi connectivity index (χ4v) is 10.0. The number of aromatic nitrogens is 4. The van der Waals surface area contributed by atoms with Gasteiger partial charge >= 0.3 is 0 Å². The standard InChI is InChI=1S/C50H30N4S/c1-4-16-31(17-5-1)33-28-29-41-39(30-33)46-48(53(41)34-20-8-3-9-21-34)45(32-18-6-2-7-19-32)51-50(52-46)54-40-26-14-12-24-37(40)43-35-22-10-11-23-36(35)44-38-25-13-15-27-42(38)55-49(44)47(43)54/h1-30H. The molecule has 0 spiro atoms. The average molecular weight is 719 g/mol. The Morgan fingerprint density at radius 3 is 1.76 bits per heavy atom. The Morgan fingerprint density at radius 1 is 0.400 bits per heavy atom. The van der Waals surface area contributed by atoms with E-state index >= 15 is 0 Å². The second-order valence-corrected chi connectivity index (χ2v) is 15.2. The van der Waals surface area contributed by atoms with Crippen molar-refractivity contribution in [3.05, 3.63) is 182 Å². The molecular formula is C50H30N4S. The summed E-state index contributed by atoms with van der Waals surface area (Å²) in [5, 5.41) is 8.57. The lowest BCUT2D eigenvalue weighted by Crippen LogP contribution is -2.05. The van der Waals surface area contributed by atoms with E-state index in [1.54, 1.807) is 0 Å². The Bertz CT molecular complexity index is 3470. The SMILES string of the molecule is c1ccc(-c2ccc3c(c2)c2nc(-n4c5ccccc5c5c6ccccc6c6c7ccccc7sc6c54)nc(-c4ccccc4)c2n3-c2ccccc2)cc1. The molecular weight excluding hydrogens is 689 g/mol. The molecule has 4 heterocycles. The lowest BCUT2D eigenvalue weighted by atomic mass is 9.99. The lowest BCUT2D eigenvalue weighted by Gasteiger charge is -2.14. The fourth-order valence-electron chi connectivity index (χ4n) is 8.77. The maximum atomic E-state index is 5.69. The van der Waals surface area contributed by atoms with Crippen molar-refractivity contribution >= 4 is 86.0 Å². The first-order chi connectivity index (χ1) is 27.3. The van der Waals surface area contributed by atoms with Crippen LogP contribution in [0.2, 0.25) is 0 Å². The van der Waals surface area contributed by atoms with Crippen LogP contribution >= 0.6 is 11.3 Å². The largest absolute Gasteiger partial charge is 0.306 e. The average Bonchev–Trinajstić information content (AvgIpc) is 3.93. The van der Waals surface area contributed by atoms with Gasteiger partial charge in [0, 0.05) is 42.9 Å². The number of hydrogen-bond acceptors (Lipinski definition) is 3. The second kappa shape index (κ2) is 11.7. The Labute approximate surface area is 319 Å². The number of fused-ring (bicyclic) bond motifs is 13. The molecule has 0 N–H and O–H groups in total. The zero-order valence-corrected chi connectivity index (χ0v) is 30.3. The van der Waals surface area contributed by atoms with Crippen LogP contribution in [0.3, 0.4) is 0 Å². The Hall–Kier alpha value is -7.08. The van der Waals surface area contributed by atoms with Crippen molar-refractivity contribution in [2.75, 3.05) is 0 Å². The molecule has 256 valence electrons. The summed E-state index contributed by atoms with van der Waals surface area (Å²) in [5.41, 5.74) is 10.5. The summed E-state index contributed by atoms with van der Waals surface area (Å²) >= 11 is 1.86. The smallest absolute Gasteiger partial charge is 0.235 e. The van der Waals surface area contributed by atoms with E-state index in [9.17, 15) is 0 Å². The van der Waals surface area contributed by atoms with Gasteiger partial charge in [0.05, 0.1) is 26.8 Å². The third-order valence-electron chi connectivity index (χ3n) is 11.1. The predicted molar refractivity (Wildman–Crippen MR) is 232 cm³/mol. The van der Waals surface area contributed by atoms with Crippen molar-refractivity contribution < 1.29 is 0 Å². The molecule has 5 heteroatoms. The second-order valence-electron chi connectivity index (χ2n) is 14.1. The highest BCUT2D eigenvalue weighted by atomic mass is 32.1. The van der Waals surface area contributed by atoms with Crippen LogP contribution in [0.1, 0.15) is 0 Å². The van der Waals surface area contributed by atoms with Gasteiger partial charge in [-0.1, -0.05) is 146 Å². The van der Waals surface area contributed by atoms with Crippen LogP contribution in [0.25, 0.3) is 109 Å². The molecule has 4 aromatic heterocycles. The van der Waals surface area contributed by atoms with Gasteiger partial charge in [-0.25, -0.2) is 9.97 Å². The van der Waals surface area contributed by atoms with Gasteiger partial charge in [-0.2, -0.15) is 0 Å². The fraction of sp³-hybridized carbons (Fsp3) is 0. The highest BCUT2D eigenvalue weighted by Crippen LogP contribution is 2.48. The third kappa shape index (κ3) is 4.39. The summed E-state index contributed by atoms with van der Waals surface area (Å²) in [5.74, 6) is 0.656. The van der Waals surface area contributed by atoms with Crippen LogP contribution in [0.15, 0.2) is 182 Å². The van der Waals surface area contributed by atoms with Crippen molar-refractivity contribution in [2.45, 2.75) is 0 Å². The number of para-hydroxylation sites is 2. The summed E-state index contributed by atoms with van der Waals surface area (Å²) in [4.78, 5) is 11.3. The molecule has 8 aromatic carbocycles. The molecule has 0 fully saturated rings. The molecule has 0 saturated heterocycles. The first kappa shape index (κ1) is 30.4.